The zero-order chi connectivity index (χ0) is 18.5. The molecule has 0 atom stereocenters. The van der Waals surface area contributed by atoms with Gasteiger partial charge in [-0.15, -0.1) is 0 Å². The summed E-state index contributed by atoms with van der Waals surface area (Å²) in [4.78, 5) is 25.8. The van der Waals surface area contributed by atoms with Gasteiger partial charge in [-0.2, -0.15) is 0 Å². The first-order valence-electron chi connectivity index (χ1n) is 9.03. The van der Waals surface area contributed by atoms with Gasteiger partial charge in [0.15, 0.2) is 5.78 Å². The number of hydrogen-bond donors (Lipinski definition) is 0. The number of nitrogens with zero attached hydrogens (tertiary/aromatic N) is 5. The Morgan fingerprint density at radius 2 is 1.85 bits per heavy atom. The predicted octanol–water partition coefficient (Wildman–Crippen LogP) is 1.55. The number of anilines is 1. The molecule has 7 nitrogen and oxygen atoms in total. The van der Waals surface area contributed by atoms with E-state index in [0.717, 1.165) is 55.6 Å². The van der Waals surface area contributed by atoms with Crippen molar-refractivity contribution >= 4 is 11.7 Å². The van der Waals surface area contributed by atoms with Gasteiger partial charge in [0.25, 0.3) is 0 Å². The Hall–Kier alpha value is -2.25. The van der Waals surface area contributed by atoms with Crippen LogP contribution in [0.2, 0.25) is 0 Å². The fraction of sp³-hybridized carbons (Fsp3) is 0.526. The van der Waals surface area contributed by atoms with E-state index >= 15 is 0 Å². The van der Waals surface area contributed by atoms with Gasteiger partial charge in [0.05, 0.1) is 13.2 Å². The van der Waals surface area contributed by atoms with E-state index in [2.05, 4.69) is 24.3 Å². The molecule has 1 saturated heterocycles. The second-order valence-electron chi connectivity index (χ2n) is 6.66. The maximum atomic E-state index is 12.8. The molecule has 0 aliphatic carbocycles. The third-order valence-electron chi connectivity index (χ3n) is 4.97. The molecule has 3 rings (SSSR count). The quantitative estimate of drug-likeness (QED) is 0.701. The van der Waals surface area contributed by atoms with Crippen LogP contribution in [0.4, 0.5) is 5.95 Å². The summed E-state index contributed by atoms with van der Waals surface area (Å²) in [5.41, 5.74) is 2.96. The van der Waals surface area contributed by atoms with Crippen molar-refractivity contribution in [1.82, 2.24) is 19.4 Å². The first-order chi connectivity index (χ1) is 12.6. The topological polar surface area (TPSA) is 63.5 Å². The van der Waals surface area contributed by atoms with Gasteiger partial charge in [-0.25, -0.2) is 9.97 Å². The zero-order valence-corrected chi connectivity index (χ0v) is 15.8. The van der Waals surface area contributed by atoms with Gasteiger partial charge in [0.1, 0.15) is 0 Å². The van der Waals surface area contributed by atoms with Crippen LogP contribution in [0.25, 0.3) is 0 Å². The van der Waals surface area contributed by atoms with Crippen molar-refractivity contribution in [2.24, 2.45) is 0 Å². The molecule has 0 N–H and O–H groups in total. The van der Waals surface area contributed by atoms with Crippen molar-refractivity contribution in [3.8, 4) is 0 Å². The second-order valence-corrected chi connectivity index (χ2v) is 6.66. The standard InChI is InChI=1S/C19H27N5O2/c1-15-13-17(16(2)24(15)11-12-26-3)18(25)14-22-7-9-23(10-8-22)19-20-5-4-6-21-19/h4-6,13H,7-12,14H2,1-3H3. The number of hydrogen-bond acceptors (Lipinski definition) is 6. The molecule has 0 radical (unpaired) electrons. The average molecular weight is 357 g/mol. The first-order valence-corrected chi connectivity index (χ1v) is 9.03. The number of methoxy groups -OCH3 is 1. The van der Waals surface area contributed by atoms with E-state index in [1.807, 2.05) is 26.0 Å². The molecule has 0 aromatic carbocycles. The molecule has 2 aromatic heterocycles. The van der Waals surface area contributed by atoms with Crippen molar-refractivity contribution < 1.29 is 9.53 Å². The number of aromatic nitrogens is 3. The highest BCUT2D eigenvalue weighted by molar-refractivity contribution is 5.99. The molecular formula is C19H27N5O2. The summed E-state index contributed by atoms with van der Waals surface area (Å²) in [6.45, 7) is 9.29. The number of piperazine rings is 1. The molecule has 0 unspecified atom stereocenters. The zero-order valence-electron chi connectivity index (χ0n) is 15.8. The number of rotatable bonds is 7. The van der Waals surface area contributed by atoms with Crippen LogP contribution < -0.4 is 4.90 Å². The van der Waals surface area contributed by atoms with E-state index < -0.39 is 0 Å². The number of carbonyl (C=O) groups is 1. The maximum absolute atomic E-state index is 12.8. The van der Waals surface area contributed by atoms with Crippen molar-refractivity contribution in [1.29, 1.82) is 0 Å². The van der Waals surface area contributed by atoms with Crippen LogP contribution in [0.15, 0.2) is 24.5 Å². The minimum absolute atomic E-state index is 0.186. The first kappa shape index (κ1) is 18.5. The highest BCUT2D eigenvalue weighted by atomic mass is 16.5. The molecule has 1 aliphatic heterocycles. The van der Waals surface area contributed by atoms with Gasteiger partial charge >= 0.3 is 0 Å². The average Bonchev–Trinajstić information content (AvgIpc) is 2.95. The van der Waals surface area contributed by atoms with Crippen LogP contribution in [0.5, 0.6) is 0 Å². The minimum atomic E-state index is 0.186. The SMILES string of the molecule is COCCn1c(C)cc(C(=O)CN2CCN(c3ncccn3)CC2)c1C. The number of carbonyl (C=O) groups excluding carboxylic acids is 1. The summed E-state index contributed by atoms with van der Waals surface area (Å²) in [5, 5.41) is 0. The maximum Gasteiger partial charge on any atom is 0.225 e. The van der Waals surface area contributed by atoms with Gasteiger partial charge in [0.2, 0.25) is 5.95 Å². The van der Waals surface area contributed by atoms with E-state index in [0.29, 0.717) is 13.2 Å². The Labute approximate surface area is 154 Å². The highest BCUT2D eigenvalue weighted by Gasteiger charge is 2.23. The lowest BCUT2D eigenvalue weighted by Crippen LogP contribution is -2.48. The fourth-order valence-corrected chi connectivity index (χ4v) is 3.46. The monoisotopic (exact) mass is 357 g/mol. The van der Waals surface area contributed by atoms with Gasteiger partial charge in [0, 0.05) is 69.2 Å². The molecule has 140 valence electrons. The predicted molar refractivity (Wildman–Crippen MR) is 101 cm³/mol. The summed E-state index contributed by atoms with van der Waals surface area (Å²) in [5.74, 6) is 0.950. The third kappa shape index (κ3) is 4.11. The summed E-state index contributed by atoms with van der Waals surface area (Å²) in [6.07, 6.45) is 3.52. The van der Waals surface area contributed by atoms with Crippen LogP contribution in [0.3, 0.4) is 0 Å². The van der Waals surface area contributed by atoms with Gasteiger partial charge in [-0.3, -0.25) is 9.69 Å². The molecule has 0 bridgehead atoms. The van der Waals surface area contributed by atoms with Gasteiger partial charge in [-0.1, -0.05) is 0 Å². The molecule has 1 aliphatic rings. The van der Waals surface area contributed by atoms with Crippen LogP contribution in [0.1, 0.15) is 21.7 Å². The van der Waals surface area contributed by atoms with Crippen LogP contribution >= 0.6 is 0 Å². The van der Waals surface area contributed by atoms with E-state index in [1.54, 1.807) is 19.5 Å². The lowest BCUT2D eigenvalue weighted by molar-refractivity contribution is 0.0925. The number of ketones is 1. The van der Waals surface area contributed by atoms with Crippen molar-refractivity contribution in [2.45, 2.75) is 20.4 Å². The van der Waals surface area contributed by atoms with E-state index in [9.17, 15) is 4.79 Å². The number of aryl methyl sites for hydroxylation is 1. The summed E-state index contributed by atoms with van der Waals surface area (Å²) in [7, 11) is 1.69. The van der Waals surface area contributed by atoms with Crippen LogP contribution in [-0.2, 0) is 11.3 Å². The normalized spacial score (nSPS) is 15.4. The molecule has 0 saturated carbocycles. The van der Waals surface area contributed by atoms with E-state index in [-0.39, 0.29) is 5.78 Å². The van der Waals surface area contributed by atoms with Crippen LogP contribution in [-0.4, -0.2) is 71.7 Å². The Balaban J connectivity index is 1.58. The molecule has 0 amide bonds. The Morgan fingerprint density at radius 3 is 2.50 bits per heavy atom. The Bertz CT molecular complexity index is 736. The smallest absolute Gasteiger partial charge is 0.225 e. The molecule has 3 heterocycles. The summed E-state index contributed by atoms with van der Waals surface area (Å²) in [6, 6.07) is 3.82. The minimum Gasteiger partial charge on any atom is -0.383 e. The van der Waals surface area contributed by atoms with Crippen LogP contribution in [0, 0.1) is 13.8 Å². The highest BCUT2D eigenvalue weighted by Crippen LogP contribution is 2.17. The summed E-state index contributed by atoms with van der Waals surface area (Å²) >= 11 is 0. The molecule has 2 aromatic rings. The molecule has 26 heavy (non-hydrogen) atoms. The summed E-state index contributed by atoms with van der Waals surface area (Å²) < 4.78 is 7.32. The number of Topliss-reactive ketones (excluding diaryl/α,β-unsaturated/α-hetero) is 1. The van der Waals surface area contributed by atoms with Gasteiger partial charge in [-0.05, 0) is 26.0 Å². The largest absolute Gasteiger partial charge is 0.383 e. The molecule has 0 spiro atoms. The number of ether oxygens (including phenoxy) is 1. The Kier molecular flexibility index (Phi) is 6.00. The van der Waals surface area contributed by atoms with Crippen molar-refractivity contribution in [3.63, 3.8) is 0 Å². The lowest BCUT2D eigenvalue weighted by atomic mass is 10.1. The van der Waals surface area contributed by atoms with Crippen molar-refractivity contribution in [2.75, 3.05) is 51.3 Å². The van der Waals surface area contributed by atoms with E-state index in [1.165, 1.54) is 0 Å². The van der Waals surface area contributed by atoms with Crippen molar-refractivity contribution in [3.05, 3.63) is 41.5 Å². The molecule has 7 heteroatoms. The fourth-order valence-electron chi connectivity index (χ4n) is 3.46. The third-order valence-corrected chi connectivity index (χ3v) is 4.97. The van der Waals surface area contributed by atoms with Gasteiger partial charge < -0.3 is 14.2 Å². The molecular weight excluding hydrogens is 330 g/mol. The lowest BCUT2D eigenvalue weighted by Gasteiger charge is -2.34. The van der Waals surface area contributed by atoms with E-state index in [4.69, 9.17) is 4.74 Å². The second kappa shape index (κ2) is 8.42. The molecule has 1 fully saturated rings. The Morgan fingerprint density at radius 1 is 1.15 bits per heavy atom.